The molecule has 2 rings (SSSR count). The third kappa shape index (κ3) is 2.62. The van der Waals surface area contributed by atoms with Gasteiger partial charge in [0.1, 0.15) is 5.82 Å². The molecule has 0 aliphatic heterocycles. The molecule has 0 saturated heterocycles. The van der Waals surface area contributed by atoms with Crippen LogP contribution in [-0.4, -0.2) is 6.04 Å². The van der Waals surface area contributed by atoms with E-state index in [1.165, 1.54) is 18.9 Å². The van der Waals surface area contributed by atoms with Crippen LogP contribution in [0.3, 0.4) is 0 Å². The van der Waals surface area contributed by atoms with Gasteiger partial charge in [0.2, 0.25) is 0 Å². The summed E-state index contributed by atoms with van der Waals surface area (Å²) < 4.78 is 13.6. The summed E-state index contributed by atoms with van der Waals surface area (Å²) in [6.07, 6.45) is 3.79. The van der Waals surface area contributed by atoms with Crippen molar-refractivity contribution in [1.82, 2.24) is 5.32 Å². The Labute approximate surface area is 97.1 Å². The van der Waals surface area contributed by atoms with Crippen molar-refractivity contribution in [2.75, 3.05) is 0 Å². The first-order chi connectivity index (χ1) is 7.72. The van der Waals surface area contributed by atoms with Crippen LogP contribution >= 0.6 is 0 Å². The van der Waals surface area contributed by atoms with E-state index >= 15 is 0 Å². The van der Waals surface area contributed by atoms with Crippen molar-refractivity contribution in [2.45, 2.75) is 45.2 Å². The highest BCUT2D eigenvalue weighted by molar-refractivity contribution is 5.20. The molecule has 1 aliphatic rings. The first kappa shape index (κ1) is 11.6. The molecule has 2 unspecified atom stereocenters. The number of rotatable bonds is 5. The second-order valence-corrected chi connectivity index (χ2v) is 4.76. The van der Waals surface area contributed by atoms with Gasteiger partial charge in [-0.3, -0.25) is 0 Å². The maximum Gasteiger partial charge on any atom is 0.127 e. The van der Waals surface area contributed by atoms with Crippen LogP contribution in [0, 0.1) is 11.7 Å². The zero-order chi connectivity index (χ0) is 11.5. The fourth-order valence-corrected chi connectivity index (χ4v) is 2.32. The van der Waals surface area contributed by atoms with Crippen molar-refractivity contribution in [2.24, 2.45) is 5.92 Å². The van der Waals surface area contributed by atoms with Crippen LogP contribution in [0.4, 0.5) is 4.39 Å². The maximum absolute atomic E-state index is 13.6. The van der Waals surface area contributed by atoms with Crippen molar-refractivity contribution < 1.29 is 4.39 Å². The highest BCUT2D eigenvalue weighted by Crippen LogP contribution is 2.35. The molecule has 1 nitrogen and oxygen atoms in total. The second-order valence-electron chi connectivity index (χ2n) is 4.76. The van der Waals surface area contributed by atoms with Gasteiger partial charge < -0.3 is 5.32 Å². The first-order valence-corrected chi connectivity index (χ1v) is 6.22. The molecule has 1 saturated carbocycles. The Morgan fingerprint density at radius 1 is 1.38 bits per heavy atom. The minimum atomic E-state index is -0.104. The molecule has 1 fully saturated rings. The van der Waals surface area contributed by atoms with Gasteiger partial charge in [-0.2, -0.15) is 0 Å². The van der Waals surface area contributed by atoms with Gasteiger partial charge in [-0.15, -0.1) is 0 Å². The van der Waals surface area contributed by atoms with Gasteiger partial charge in [0.15, 0.2) is 0 Å². The topological polar surface area (TPSA) is 12.0 Å². The monoisotopic (exact) mass is 221 g/mol. The molecule has 1 aromatic carbocycles. The fraction of sp³-hybridized carbons (Fsp3) is 0.571. The second kappa shape index (κ2) is 4.96. The largest absolute Gasteiger partial charge is 0.307 e. The van der Waals surface area contributed by atoms with E-state index in [4.69, 9.17) is 0 Å². The lowest BCUT2D eigenvalue weighted by atomic mass is 10.0. The van der Waals surface area contributed by atoms with Crippen molar-refractivity contribution in [3.05, 3.63) is 35.6 Å². The molecule has 0 amide bonds. The van der Waals surface area contributed by atoms with Crippen LogP contribution in [0.1, 0.15) is 44.7 Å². The zero-order valence-electron chi connectivity index (χ0n) is 10.0. The third-order valence-corrected chi connectivity index (χ3v) is 3.47. The van der Waals surface area contributed by atoms with E-state index in [1.807, 2.05) is 19.1 Å². The SMILES string of the molecule is CCC(NC(C)c1ccccc1F)C1CC1. The molecule has 1 aromatic rings. The molecule has 0 spiro atoms. The van der Waals surface area contributed by atoms with Gasteiger partial charge in [0.05, 0.1) is 0 Å². The molecular formula is C14H20FN. The third-order valence-electron chi connectivity index (χ3n) is 3.47. The molecule has 0 heterocycles. The lowest BCUT2D eigenvalue weighted by Gasteiger charge is -2.22. The Hall–Kier alpha value is -0.890. The van der Waals surface area contributed by atoms with E-state index in [2.05, 4.69) is 12.2 Å². The quantitative estimate of drug-likeness (QED) is 0.800. The van der Waals surface area contributed by atoms with E-state index in [0.29, 0.717) is 6.04 Å². The van der Waals surface area contributed by atoms with Crippen molar-refractivity contribution in [1.29, 1.82) is 0 Å². The summed E-state index contributed by atoms with van der Waals surface area (Å²) in [6.45, 7) is 4.24. The maximum atomic E-state index is 13.6. The zero-order valence-corrected chi connectivity index (χ0v) is 10.0. The first-order valence-electron chi connectivity index (χ1n) is 6.22. The minimum Gasteiger partial charge on any atom is -0.307 e. The van der Waals surface area contributed by atoms with Crippen LogP contribution in [0.15, 0.2) is 24.3 Å². The van der Waals surface area contributed by atoms with Crippen LogP contribution in [0.5, 0.6) is 0 Å². The van der Waals surface area contributed by atoms with E-state index in [0.717, 1.165) is 17.9 Å². The number of hydrogen-bond donors (Lipinski definition) is 1. The van der Waals surface area contributed by atoms with Crippen LogP contribution in [0.25, 0.3) is 0 Å². The predicted molar refractivity (Wildman–Crippen MR) is 64.8 cm³/mol. The standard InChI is InChI=1S/C14H20FN/c1-3-14(11-8-9-11)16-10(2)12-6-4-5-7-13(12)15/h4-7,10-11,14,16H,3,8-9H2,1-2H3. The van der Waals surface area contributed by atoms with E-state index in [1.54, 1.807) is 6.07 Å². The summed E-state index contributed by atoms with van der Waals surface area (Å²) in [6, 6.07) is 7.69. The van der Waals surface area contributed by atoms with Gasteiger partial charge in [-0.05, 0) is 38.2 Å². The number of nitrogens with one attached hydrogen (secondary N) is 1. The average Bonchev–Trinajstić information content (AvgIpc) is 3.10. The number of benzene rings is 1. The molecule has 1 aliphatic carbocycles. The Bertz CT molecular complexity index is 346. The summed E-state index contributed by atoms with van der Waals surface area (Å²) in [5.41, 5.74) is 0.779. The number of hydrogen-bond acceptors (Lipinski definition) is 1. The molecular weight excluding hydrogens is 201 g/mol. The van der Waals surface area contributed by atoms with Crippen LogP contribution < -0.4 is 5.32 Å². The fourth-order valence-electron chi connectivity index (χ4n) is 2.32. The average molecular weight is 221 g/mol. The van der Waals surface area contributed by atoms with Gasteiger partial charge in [0, 0.05) is 17.6 Å². The molecule has 0 bridgehead atoms. The van der Waals surface area contributed by atoms with Crippen LogP contribution in [-0.2, 0) is 0 Å². The Kier molecular flexibility index (Phi) is 3.59. The highest BCUT2D eigenvalue weighted by atomic mass is 19.1. The predicted octanol–water partition coefficient (Wildman–Crippen LogP) is 3.66. The van der Waals surface area contributed by atoms with E-state index in [-0.39, 0.29) is 11.9 Å². The van der Waals surface area contributed by atoms with Crippen molar-refractivity contribution in [3.8, 4) is 0 Å². The smallest absolute Gasteiger partial charge is 0.127 e. The highest BCUT2D eigenvalue weighted by Gasteiger charge is 2.30. The molecule has 88 valence electrons. The molecule has 2 heteroatoms. The molecule has 1 N–H and O–H groups in total. The van der Waals surface area contributed by atoms with E-state index < -0.39 is 0 Å². The summed E-state index contributed by atoms with van der Waals surface area (Å²) in [5.74, 6) is 0.715. The normalized spacial score (nSPS) is 19.4. The summed E-state index contributed by atoms with van der Waals surface area (Å²) in [7, 11) is 0. The van der Waals surface area contributed by atoms with Crippen LogP contribution in [0.2, 0.25) is 0 Å². The Morgan fingerprint density at radius 3 is 2.62 bits per heavy atom. The van der Waals surface area contributed by atoms with Gasteiger partial charge in [-0.1, -0.05) is 25.1 Å². The molecule has 0 radical (unpaired) electrons. The Balaban J connectivity index is 2.01. The lowest BCUT2D eigenvalue weighted by Crippen LogP contribution is -2.33. The molecule has 2 atom stereocenters. The molecule has 0 aromatic heterocycles. The van der Waals surface area contributed by atoms with E-state index in [9.17, 15) is 4.39 Å². The summed E-state index contributed by atoms with van der Waals surface area (Å²) in [4.78, 5) is 0. The molecule has 16 heavy (non-hydrogen) atoms. The minimum absolute atomic E-state index is 0.103. The Morgan fingerprint density at radius 2 is 2.06 bits per heavy atom. The van der Waals surface area contributed by atoms with Gasteiger partial charge >= 0.3 is 0 Å². The van der Waals surface area contributed by atoms with Crippen molar-refractivity contribution >= 4 is 0 Å². The summed E-state index contributed by atoms with van der Waals surface area (Å²) >= 11 is 0. The number of halogens is 1. The van der Waals surface area contributed by atoms with Gasteiger partial charge in [-0.25, -0.2) is 4.39 Å². The van der Waals surface area contributed by atoms with Gasteiger partial charge in [0.25, 0.3) is 0 Å². The lowest BCUT2D eigenvalue weighted by molar-refractivity contribution is 0.397. The van der Waals surface area contributed by atoms with Crippen molar-refractivity contribution in [3.63, 3.8) is 0 Å². The summed E-state index contributed by atoms with van der Waals surface area (Å²) in [5, 5.41) is 3.55.